The molecule has 0 radical (unpaired) electrons. The van der Waals surface area contributed by atoms with Gasteiger partial charge in [0, 0.05) is 31.5 Å². The van der Waals surface area contributed by atoms with E-state index in [1.807, 2.05) is 31.2 Å². The average Bonchev–Trinajstić information content (AvgIpc) is 3.47. The van der Waals surface area contributed by atoms with Gasteiger partial charge in [-0.15, -0.1) is 0 Å². The Morgan fingerprint density at radius 1 is 1.06 bits per heavy atom. The van der Waals surface area contributed by atoms with Crippen LogP contribution >= 0.6 is 0 Å². The predicted molar refractivity (Wildman–Crippen MR) is 130 cm³/mol. The summed E-state index contributed by atoms with van der Waals surface area (Å²) in [6.45, 7) is 4.54. The first kappa shape index (κ1) is 24.7. The summed E-state index contributed by atoms with van der Waals surface area (Å²) in [7, 11) is 0. The van der Waals surface area contributed by atoms with E-state index in [9.17, 15) is 19.5 Å². The number of carboxylic acid groups (broad SMARTS) is 1. The van der Waals surface area contributed by atoms with Gasteiger partial charge in [0.25, 0.3) is 0 Å². The van der Waals surface area contributed by atoms with E-state index >= 15 is 0 Å². The van der Waals surface area contributed by atoms with Gasteiger partial charge in [-0.05, 0) is 42.0 Å². The molecule has 2 amide bonds. The van der Waals surface area contributed by atoms with E-state index in [-0.39, 0.29) is 37.4 Å². The average molecular weight is 481 g/mol. The number of carboxylic acids is 1. The van der Waals surface area contributed by atoms with Crippen molar-refractivity contribution in [2.45, 2.75) is 38.7 Å². The highest BCUT2D eigenvalue weighted by molar-refractivity contribution is 5.83. The van der Waals surface area contributed by atoms with Crippen molar-refractivity contribution in [3.05, 3.63) is 59.7 Å². The standard InChI is InChI=1S/C27H32N2O6/c1-3-27(2,25(32)28-14-17-12-13-34-23(17)24(30)31)16-29-26(33)35-15-22-20-10-6-4-8-18(20)19-9-5-7-11-21(19)22/h4-11,17,22-23H,3,12-16H2,1-2H3,(H,28,32)(H,29,33)(H,30,31). The number of alkyl carbamates (subject to hydrolysis) is 1. The third-order valence-corrected chi connectivity index (χ3v) is 7.28. The Kier molecular flexibility index (Phi) is 7.40. The maximum atomic E-state index is 12.9. The van der Waals surface area contributed by atoms with E-state index in [1.165, 1.54) is 0 Å². The molecule has 4 rings (SSSR count). The van der Waals surface area contributed by atoms with Gasteiger partial charge in [0.05, 0.1) is 5.41 Å². The number of amides is 2. The molecular formula is C27H32N2O6. The number of fused-ring (bicyclic) bond motifs is 3. The predicted octanol–water partition coefficient (Wildman–Crippen LogP) is 3.55. The molecule has 1 saturated heterocycles. The largest absolute Gasteiger partial charge is 0.479 e. The van der Waals surface area contributed by atoms with Crippen LogP contribution in [-0.4, -0.2) is 55.5 Å². The van der Waals surface area contributed by atoms with Crippen LogP contribution < -0.4 is 10.6 Å². The third-order valence-electron chi connectivity index (χ3n) is 7.28. The van der Waals surface area contributed by atoms with Gasteiger partial charge < -0.3 is 25.2 Å². The van der Waals surface area contributed by atoms with E-state index in [1.54, 1.807) is 6.92 Å². The zero-order valence-electron chi connectivity index (χ0n) is 20.1. The molecule has 1 heterocycles. The van der Waals surface area contributed by atoms with E-state index in [4.69, 9.17) is 9.47 Å². The van der Waals surface area contributed by atoms with Crippen LogP contribution in [0.1, 0.15) is 43.7 Å². The fourth-order valence-electron chi connectivity index (χ4n) is 4.84. The highest BCUT2D eigenvalue weighted by Gasteiger charge is 2.37. The number of carbonyl (C=O) groups excluding carboxylic acids is 2. The van der Waals surface area contributed by atoms with Crippen LogP contribution in [0.5, 0.6) is 0 Å². The molecule has 8 heteroatoms. The highest BCUT2D eigenvalue weighted by Crippen LogP contribution is 2.44. The van der Waals surface area contributed by atoms with Gasteiger partial charge in [-0.25, -0.2) is 9.59 Å². The summed E-state index contributed by atoms with van der Waals surface area (Å²) in [6, 6.07) is 16.3. The van der Waals surface area contributed by atoms with E-state index in [2.05, 4.69) is 34.9 Å². The maximum absolute atomic E-state index is 12.9. The molecule has 186 valence electrons. The normalized spacial score (nSPS) is 20.4. The summed E-state index contributed by atoms with van der Waals surface area (Å²) in [4.78, 5) is 36.7. The zero-order valence-corrected chi connectivity index (χ0v) is 20.1. The Morgan fingerprint density at radius 3 is 2.29 bits per heavy atom. The molecule has 1 aliphatic carbocycles. The molecule has 1 aliphatic heterocycles. The molecule has 1 fully saturated rings. The van der Waals surface area contributed by atoms with Crippen LogP contribution in [0.25, 0.3) is 11.1 Å². The monoisotopic (exact) mass is 480 g/mol. The Morgan fingerprint density at radius 2 is 1.69 bits per heavy atom. The van der Waals surface area contributed by atoms with Crippen LogP contribution in [0, 0.1) is 11.3 Å². The van der Waals surface area contributed by atoms with E-state index < -0.39 is 23.6 Å². The molecule has 2 aliphatic rings. The molecule has 0 spiro atoms. The Balaban J connectivity index is 1.30. The summed E-state index contributed by atoms with van der Waals surface area (Å²) < 4.78 is 10.8. The van der Waals surface area contributed by atoms with E-state index in [0.717, 1.165) is 22.3 Å². The quantitative estimate of drug-likeness (QED) is 0.506. The Bertz CT molecular complexity index is 1060. The minimum Gasteiger partial charge on any atom is -0.479 e. The van der Waals surface area contributed by atoms with Crippen LogP contribution in [-0.2, 0) is 19.1 Å². The minimum atomic E-state index is -1.02. The molecule has 3 N–H and O–H groups in total. The van der Waals surface area contributed by atoms with Gasteiger partial charge in [0.2, 0.25) is 5.91 Å². The van der Waals surface area contributed by atoms with Crippen LogP contribution in [0.4, 0.5) is 4.79 Å². The number of carbonyl (C=O) groups is 3. The summed E-state index contributed by atoms with van der Waals surface area (Å²) in [5.41, 5.74) is 3.73. The molecule has 0 saturated carbocycles. The number of aliphatic carboxylic acids is 1. The molecule has 8 nitrogen and oxygen atoms in total. The molecule has 0 bridgehead atoms. The number of hydrogen-bond donors (Lipinski definition) is 3. The number of rotatable bonds is 9. The first-order valence-corrected chi connectivity index (χ1v) is 12.1. The van der Waals surface area contributed by atoms with Crippen LogP contribution in [0.3, 0.4) is 0 Å². The van der Waals surface area contributed by atoms with Gasteiger partial charge in [0.15, 0.2) is 6.10 Å². The van der Waals surface area contributed by atoms with Gasteiger partial charge in [-0.1, -0.05) is 55.5 Å². The molecule has 2 aromatic rings. The van der Waals surface area contributed by atoms with Crippen LogP contribution in [0.2, 0.25) is 0 Å². The second kappa shape index (κ2) is 10.5. The molecule has 35 heavy (non-hydrogen) atoms. The lowest BCUT2D eigenvalue weighted by Gasteiger charge is -2.28. The molecule has 3 unspecified atom stereocenters. The van der Waals surface area contributed by atoms with E-state index in [0.29, 0.717) is 19.4 Å². The first-order valence-electron chi connectivity index (χ1n) is 12.1. The third kappa shape index (κ3) is 5.17. The molecular weight excluding hydrogens is 448 g/mol. The lowest BCUT2D eigenvalue weighted by molar-refractivity contribution is -0.149. The summed E-state index contributed by atoms with van der Waals surface area (Å²) in [5, 5.41) is 14.8. The van der Waals surface area contributed by atoms with Crippen molar-refractivity contribution < 1.29 is 29.0 Å². The molecule has 3 atom stereocenters. The number of ether oxygens (including phenoxy) is 2. The second-order valence-electron chi connectivity index (χ2n) is 9.48. The number of nitrogens with one attached hydrogen (secondary N) is 2. The summed E-state index contributed by atoms with van der Waals surface area (Å²) >= 11 is 0. The van der Waals surface area contributed by atoms with Crippen molar-refractivity contribution in [1.29, 1.82) is 0 Å². The zero-order chi connectivity index (χ0) is 25.0. The Hall–Kier alpha value is -3.39. The smallest absolute Gasteiger partial charge is 0.407 e. The summed E-state index contributed by atoms with van der Waals surface area (Å²) in [6.07, 6.45) is -0.402. The summed E-state index contributed by atoms with van der Waals surface area (Å²) in [5.74, 6) is -1.57. The fourth-order valence-corrected chi connectivity index (χ4v) is 4.84. The maximum Gasteiger partial charge on any atom is 0.407 e. The highest BCUT2D eigenvalue weighted by atomic mass is 16.5. The lowest BCUT2D eigenvalue weighted by Crippen LogP contribution is -2.48. The van der Waals surface area contributed by atoms with Gasteiger partial charge in [-0.2, -0.15) is 0 Å². The van der Waals surface area contributed by atoms with Crippen molar-refractivity contribution in [1.82, 2.24) is 10.6 Å². The second-order valence-corrected chi connectivity index (χ2v) is 9.48. The van der Waals surface area contributed by atoms with Crippen molar-refractivity contribution in [3.8, 4) is 11.1 Å². The first-order chi connectivity index (χ1) is 16.8. The SMILES string of the molecule is CCC(C)(CNC(=O)OCC1c2ccccc2-c2ccccc21)C(=O)NCC1CCOC1C(=O)O. The van der Waals surface area contributed by atoms with Crippen molar-refractivity contribution in [2.75, 3.05) is 26.3 Å². The fraction of sp³-hybridized carbons (Fsp3) is 0.444. The van der Waals surface area contributed by atoms with Crippen LogP contribution in [0.15, 0.2) is 48.5 Å². The molecule has 2 aromatic carbocycles. The minimum absolute atomic E-state index is 0.0372. The van der Waals surface area contributed by atoms with Gasteiger partial charge in [-0.3, -0.25) is 4.79 Å². The number of hydrogen-bond acceptors (Lipinski definition) is 5. The van der Waals surface area contributed by atoms with Crippen molar-refractivity contribution in [3.63, 3.8) is 0 Å². The van der Waals surface area contributed by atoms with Gasteiger partial charge >= 0.3 is 12.1 Å². The molecule has 0 aromatic heterocycles. The van der Waals surface area contributed by atoms with Crippen molar-refractivity contribution in [2.24, 2.45) is 11.3 Å². The number of benzene rings is 2. The van der Waals surface area contributed by atoms with Crippen molar-refractivity contribution >= 4 is 18.0 Å². The van der Waals surface area contributed by atoms with Gasteiger partial charge in [0.1, 0.15) is 6.61 Å². The topological polar surface area (TPSA) is 114 Å². The Labute approximate surface area is 205 Å². The lowest BCUT2D eigenvalue weighted by atomic mass is 9.86.